The fourth-order valence-electron chi connectivity index (χ4n) is 2.62. The molecule has 1 aliphatic rings. The van der Waals surface area contributed by atoms with Gasteiger partial charge in [0.1, 0.15) is 0 Å². The van der Waals surface area contributed by atoms with Gasteiger partial charge in [-0.1, -0.05) is 22.0 Å². The van der Waals surface area contributed by atoms with Crippen LogP contribution in [-0.4, -0.2) is 35.1 Å². The van der Waals surface area contributed by atoms with E-state index in [-0.39, 0.29) is 12.5 Å². The molecule has 1 aliphatic heterocycles. The van der Waals surface area contributed by atoms with Crippen molar-refractivity contribution in [3.8, 4) is 0 Å². The molecular formula is C15H20BrNO2. The van der Waals surface area contributed by atoms with E-state index in [0.29, 0.717) is 6.04 Å². The van der Waals surface area contributed by atoms with Crippen LogP contribution in [0.2, 0.25) is 0 Å². The number of likely N-dealkylation sites (tertiary alicyclic amines) is 1. The lowest BCUT2D eigenvalue weighted by Gasteiger charge is -2.24. The van der Waals surface area contributed by atoms with Crippen molar-refractivity contribution in [2.75, 3.05) is 13.2 Å². The van der Waals surface area contributed by atoms with E-state index in [0.717, 1.165) is 47.8 Å². The summed E-state index contributed by atoms with van der Waals surface area (Å²) >= 11 is 3.48. The molecule has 1 N–H and O–H groups in total. The topological polar surface area (TPSA) is 40.5 Å². The van der Waals surface area contributed by atoms with E-state index in [2.05, 4.69) is 15.9 Å². The van der Waals surface area contributed by atoms with Crippen molar-refractivity contribution in [3.05, 3.63) is 33.8 Å². The minimum absolute atomic E-state index is 0.112. The van der Waals surface area contributed by atoms with E-state index in [1.165, 1.54) is 0 Å². The zero-order valence-electron chi connectivity index (χ0n) is 11.2. The smallest absolute Gasteiger partial charge is 0.254 e. The Hall–Kier alpha value is -0.870. The van der Waals surface area contributed by atoms with Gasteiger partial charge in [-0.2, -0.15) is 0 Å². The number of carbonyl (C=O) groups is 1. The van der Waals surface area contributed by atoms with Gasteiger partial charge in [-0.3, -0.25) is 4.79 Å². The van der Waals surface area contributed by atoms with Crippen LogP contribution in [-0.2, 0) is 0 Å². The summed E-state index contributed by atoms with van der Waals surface area (Å²) in [6.45, 7) is 3.05. The van der Waals surface area contributed by atoms with Gasteiger partial charge in [0, 0.05) is 29.2 Å². The number of aliphatic hydroxyl groups is 1. The molecule has 0 radical (unpaired) electrons. The molecule has 0 saturated carbocycles. The van der Waals surface area contributed by atoms with Crippen molar-refractivity contribution in [3.63, 3.8) is 0 Å². The van der Waals surface area contributed by atoms with E-state index in [4.69, 9.17) is 5.11 Å². The van der Waals surface area contributed by atoms with Crippen LogP contribution >= 0.6 is 15.9 Å². The van der Waals surface area contributed by atoms with E-state index in [9.17, 15) is 4.79 Å². The molecule has 1 atom stereocenters. The average molecular weight is 326 g/mol. The third kappa shape index (κ3) is 3.37. The number of carbonyl (C=O) groups excluding carboxylic acids is 1. The van der Waals surface area contributed by atoms with Crippen LogP contribution in [0.4, 0.5) is 0 Å². The van der Waals surface area contributed by atoms with Crippen LogP contribution < -0.4 is 0 Å². The molecule has 1 unspecified atom stereocenters. The van der Waals surface area contributed by atoms with Crippen LogP contribution in [0.25, 0.3) is 0 Å². The molecule has 0 bridgehead atoms. The molecular weight excluding hydrogens is 306 g/mol. The van der Waals surface area contributed by atoms with Crippen molar-refractivity contribution in [2.24, 2.45) is 0 Å². The number of nitrogens with zero attached hydrogens (tertiary/aromatic N) is 1. The summed E-state index contributed by atoms with van der Waals surface area (Å²) in [6.07, 6.45) is 3.79. The second-order valence-electron chi connectivity index (χ2n) is 5.12. The molecule has 1 saturated heterocycles. The van der Waals surface area contributed by atoms with Gasteiger partial charge in [0.25, 0.3) is 5.91 Å². The summed E-state index contributed by atoms with van der Waals surface area (Å²) in [6, 6.07) is 6.05. The number of halogens is 1. The SMILES string of the molecule is Cc1ccc(C(=O)N2CCCC2CCCO)cc1Br. The number of aryl methyl sites for hydroxylation is 1. The quantitative estimate of drug-likeness (QED) is 0.923. The predicted molar refractivity (Wildman–Crippen MR) is 79.3 cm³/mol. The third-order valence-corrected chi connectivity index (χ3v) is 4.61. The highest BCUT2D eigenvalue weighted by Gasteiger charge is 2.28. The largest absolute Gasteiger partial charge is 0.396 e. The Morgan fingerprint density at radius 2 is 2.32 bits per heavy atom. The minimum atomic E-state index is 0.112. The van der Waals surface area contributed by atoms with E-state index >= 15 is 0 Å². The van der Waals surface area contributed by atoms with Gasteiger partial charge in [0.2, 0.25) is 0 Å². The lowest BCUT2D eigenvalue weighted by atomic mass is 10.1. The first-order chi connectivity index (χ1) is 9.13. The Morgan fingerprint density at radius 1 is 1.53 bits per heavy atom. The van der Waals surface area contributed by atoms with Crippen LogP contribution in [0.15, 0.2) is 22.7 Å². The molecule has 104 valence electrons. The van der Waals surface area contributed by atoms with E-state index in [1.807, 2.05) is 30.0 Å². The Bertz CT molecular complexity index is 461. The predicted octanol–water partition coefficient (Wildman–Crippen LogP) is 3.13. The second kappa shape index (κ2) is 6.53. The van der Waals surface area contributed by atoms with E-state index in [1.54, 1.807) is 0 Å². The minimum Gasteiger partial charge on any atom is -0.396 e. The summed E-state index contributed by atoms with van der Waals surface area (Å²) in [4.78, 5) is 14.5. The van der Waals surface area contributed by atoms with Crippen LogP contribution in [0.3, 0.4) is 0 Å². The van der Waals surface area contributed by atoms with Crippen LogP contribution in [0.1, 0.15) is 41.6 Å². The third-order valence-electron chi connectivity index (χ3n) is 3.75. The van der Waals surface area contributed by atoms with Crippen molar-refractivity contribution in [1.29, 1.82) is 0 Å². The summed E-state index contributed by atoms with van der Waals surface area (Å²) in [7, 11) is 0. The zero-order chi connectivity index (χ0) is 13.8. The van der Waals surface area contributed by atoms with Gasteiger partial charge >= 0.3 is 0 Å². The Kier molecular flexibility index (Phi) is 4.99. The number of amides is 1. The van der Waals surface area contributed by atoms with Crippen molar-refractivity contribution in [1.82, 2.24) is 4.90 Å². The van der Waals surface area contributed by atoms with Crippen LogP contribution in [0.5, 0.6) is 0 Å². The summed E-state index contributed by atoms with van der Waals surface area (Å²) < 4.78 is 0.976. The molecule has 0 aliphatic carbocycles. The number of hydrogen-bond donors (Lipinski definition) is 1. The number of rotatable bonds is 4. The summed E-state index contributed by atoms with van der Waals surface area (Å²) in [5.74, 6) is 0.112. The maximum atomic E-state index is 12.5. The zero-order valence-corrected chi connectivity index (χ0v) is 12.8. The Labute approximate surface area is 122 Å². The highest BCUT2D eigenvalue weighted by molar-refractivity contribution is 9.10. The fraction of sp³-hybridized carbons (Fsp3) is 0.533. The number of hydrogen-bond acceptors (Lipinski definition) is 2. The molecule has 1 heterocycles. The highest BCUT2D eigenvalue weighted by atomic mass is 79.9. The first-order valence-corrected chi connectivity index (χ1v) is 7.60. The molecule has 4 heteroatoms. The molecule has 0 aromatic heterocycles. The molecule has 1 aromatic carbocycles. The van der Waals surface area contributed by atoms with Crippen molar-refractivity contribution in [2.45, 2.75) is 38.6 Å². The average Bonchev–Trinajstić information content (AvgIpc) is 2.87. The lowest BCUT2D eigenvalue weighted by Crippen LogP contribution is -2.35. The number of aliphatic hydroxyl groups excluding tert-OH is 1. The van der Waals surface area contributed by atoms with Gasteiger partial charge < -0.3 is 10.0 Å². The molecule has 3 nitrogen and oxygen atoms in total. The van der Waals surface area contributed by atoms with Crippen molar-refractivity contribution < 1.29 is 9.90 Å². The van der Waals surface area contributed by atoms with E-state index < -0.39 is 0 Å². The highest BCUT2D eigenvalue weighted by Crippen LogP contribution is 2.25. The fourth-order valence-corrected chi connectivity index (χ4v) is 3.00. The molecule has 19 heavy (non-hydrogen) atoms. The number of benzene rings is 1. The van der Waals surface area contributed by atoms with Crippen molar-refractivity contribution >= 4 is 21.8 Å². The monoisotopic (exact) mass is 325 g/mol. The first kappa shape index (κ1) is 14.5. The second-order valence-corrected chi connectivity index (χ2v) is 5.98. The molecule has 1 fully saturated rings. The Balaban J connectivity index is 2.11. The normalized spacial score (nSPS) is 18.9. The molecule has 1 amide bonds. The summed E-state index contributed by atoms with van der Waals surface area (Å²) in [5.41, 5.74) is 1.88. The maximum Gasteiger partial charge on any atom is 0.254 e. The van der Waals surface area contributed by atoms with Crippen LogP contribution in [0, 0.1) is 6.92 Å². The van der Waals surface area contributed by atoms with Gasteiger partial charge in [-0.05, 0) is 50.3 Å². The molecule has 2 rings (SSSR count). The summed E-state index contributed by atoms with van der Waals surface area (Å²) in [5, 5.41) is 8.93. The Morgan fingerprint density at radius 3 is 3.00 bits per heavy atom. The maximum absolute atomic E-state index is 12.5. The van der Waals surface area contributed by atoms with Gasteiger partial charge in [0.05, 0.1) is 0 Å². The van der Waals surface area contributed by atoms with Gasteiger partial charge in [0.15, 0.2) is 0 Å². The van der Waals surface area contributed by atoms with Gasteiger partial charge in [-0.25, -0.2) is 0 Å². The lowest BCUT2D eigenvalue weighted by molar-refractivity contribution is 0.0724. The first-order valence-electron chi connectivity index (χ1n) is 6.81. The molecule has 1 aromatic rings. The van der Waals surface area contributed by atoms with Gasteiger partial charge in [-0.15, -0.1) is 0 Å². The standard InChI is InChI=1S/C15H20BrNO2/c1-11-6-7-12(10-14(11)16)15(19)17-8-2-4-13(17)5-3-9-18/h6-7,10,13,18H,2-5,8-9H2,1H3. The molecule has 0 spiro atoms.